The number of anilines is 1. The standard InChI is InChI=1S/C22H19N7O/c1-14-9-27(21(30)22(14,12-23)17-3-4-17)18-6-7-25-28-11-16(8-19(18)28)15-2-5-20-24-13-26-29(20)10-15/h2,5-8,10-11,13-14,17H,3-4,9H2,1H3/t14-,22+/m1/s1. The molecule has 4 aromatic heterocycles. The number of aromatic nitrogens is 5. The van der Waals surface area contributed by atoms with E-state index in [1.54, 1.807) is 20.1 Å². The molecular weight excluding hydrogens is 378 g/mol. The third-order valence-corrected chi connectivity index (χ3v) is 6.62. The molecule has 2 aliphatic rings. The van der Waals surface area contributed by atoms with Crippen molar-refractivity contribution in [1.29, 1.82) is 5.26 Å². The molecule has 5 heterocycles. The molecule has 0 spiro atoms. The van der Waals surface area contributed by atoms with Crippen LogP contribution in [0.1, 0.15) is 19.8 Å². The van der Waals surface area contributed by atoms with E-state index in [1.807, 2.05) is 43.6 Å². The van der Waals surface area contributed by atoms with Gasteiger partial charge in [0.1, 0.15) is 11.7 Å². The molecule has 0 bridgehead atoms. The zero-order valence-electron chi connectivity index (χ0n) is 16.4. The normalized spacial score (nSPS) is 24.1. The fourth-order valence-corrected chi connectivity index (χ4v) is 4.88. The van der Waals surface area contributed by atoms with Crippen molar-refractivity contribution in [2.75, 3.05) is 11.4 Å². The Morgan fingerprint density at radius 1 is 1.13 bits per heavy atom. The van der Waals surface area contributed by atoms with Gasteiger partial charge in [0.2, 0.25) is 5.91 Å². The second kappa shape index (κ2) is 5.89. The van der Waals surface area contributed by atoms with E-state index in [4.69, 9.17) is 0 Å². The van der Waals surface area contributed by atoms with Crippen LogP contribution < -0.4 is 4.90 Å². The van der Waals surface area contributed by atoms with Crippen LogP contribution in [0.25, 0.3) is 22.3 Å². The summed E-state index contributed by atoms with van der Waals surface area (Å²) in [5.74, 6) is 0.115. The van der Waals surface area contributed by atoms with Crippen molar-refractivity contribution in [3.05, 3.63) is 49.2 Å². The molecule has 8 nitrogen and oxygen atoms in total. The SMILES string of the molecule is C[C@@H]1CN(c2ccnn3cc(-c4ccc5ncnn5c4)cc23)C(=O)[C@]1(C#N)C1CC1. The van der Waals surface area contributed by atoms with Crippen LogP contribution in [0.4, 0.5) is 5.69 Å². The van der Waals surface area contributed by atoms with Crippen LogP contribution in [0, 0.1) is 28.6 Å². The molecule has 6 rings (SSSR count). The first-order valence-electron chi connectivity index (χ1n) is 10.1. The van der Waals surface area contributed by atoms with Crippen molar-refractivity contribution in [1.82, 2.24) is 24.2 Å². The average Bonchev–Trinajstić information content (AvgIpc) is 3.23. The van der Waals surface area contributed by atoms with Gasteiger partial charge in [-0.25, -0.2) is 14.0 Å². The molecule has 0 aromatic carbocycles. The molecule has 2 atom stereocenters. The first-order chi connectivity index (χ1) is 14.6. The van der Waals surface area contributed by atoms with Crippen LogP contribution in [-0.4, -0.2) is 36.7 Å². The molecule has 30 heavy (non-hydrogen) atoms. The number of amides is 1. The molecule has 1 saturated heterocycles. The lowest BCUT2D eigenvalue weighted by Crippen LogP contribution is -2.37. The highest BCUT2D eigenvalue weighted by Crippen LogP contribution is 2.54. The van der Waals surface area contributed by atoms with E-state index >= 15 is 0 Å². The second-order valence-corrected chi connectivity index (χ2v) is 8.33. The largest absolute Gasteiger partial charge is 0.309 e. The second-order valence-electron chi connectivity index (χ2n) is 8.33. The van der Waals surface area contributed by atoms with E-state index in [2.05, 4.69) is 21.3 Å². The van der Waals surface area contributed by atoms with Gasteiger partial charge in [0, 0.05) is 42.2 Å². The molecule has 4 aromatic rings. The van der Waals surface area contributed by atoms with Crippen LogP contribution in [0.3, 0.4) is 0 Å². The molecular formula is C22H19N7O. The van der Waals surface area contributed by atoms with Crippen molar-refractivity contribution < 1.29 is 4.79 Å². The van der Waals surface area contributed by atoms with Gasteiger partial charge < -0.3 is 4.90 Å². The molecule has 1 amide bonds. The van der Waals surface area contributed by atoms with Crippen molar-refractivity contribution in [3.63, 3.8) is 0 Å². The summed E-state index contributed by atoms with van der Waals surface area (Å²) in [5, 5.41) is 18.6. The predicted octanol–water partition coefficient (Wildman–Crippen LogP) is 2.95. The van der Waals surface area contributed by atoms with Gasteiger partial charge in [-0.15, -0.1) is 0 Å². The summed E-state index contributed by atoms with van der Waals surface area (Å²) in [4.78, 5) is 19.4. The van der Waals surface area contributed by atoms with Gasteiger partial charge in [-0.2, -0.15) is 15.5 Å². The quantitative estimate of drug-likeness (QED) is 0.530. The number of rotatable bonds is 3. The monoisotopic (exact) mass is 397 g/mol. The van der Waals surface area contributed by atoms with Crippen LogP contribution in [0.15, 0.2) is 49.2 Å². The number of pyridine rings is 1. The Hall–Kier alpha value is -3.73. The van der Waals surface area contributed by atoms with Crippen molar-refractivity contribution in [2.45, 2.75) is 19.8 Å². The molecule has 8 heteroatoms. The molecule has 0 N–H and O–H groups in total. The van der Waals surface area contributed by atoms with Gasteiger partial charge in [-0.3, -0.25) is 4.79 Å². The maximum Gasteiger partial charge on any atom is 0.248 e. The Kier molecular flexibility index (Phi) is 3.37. The first kappa shape index (κ1) is 17.2. The number of hydrogen-bond acceptors (Lipinski definition) is 5. The molecule has 2 fully saturated rings. The highest BCUT2D eigenvalue weighted by Gasteiger charge is 2.61. The van der Waals surface area contributed by atoms with Crippen molar-refractivity contribution in [3.8, 4) is 17.2 Å². The Morgan fingerprint density at radius 3 is 2.77 bits per heavy atom. The summed E-state index contributed by atoms with van der Waals surface area (Å²) in [7, 11) is 0. The highest BCUT2D eigenvalue weighted by molar-refractivity contribution is 6.05. The summed E-state index contributed by atoms with van der Waals surface area (Å²) in [6, 6.07) is 10.2. The Balaban J connectivity index is 1.45. The number of nitriles is 1. The minimum absolute atomic E-state index is 0.000120. The lowest BCUT2D eigenvalue weighted by Gasteiger charge is -2.23. The van der Waals surface area contributed by atoms with Gasteiger partial charge in [0.25, 0.3) is 0 Å². The Labute approximate surface area is 172 Å². The summed E-state index contributed by atoms with van der Waals surface area (Å²) >= 11 is 0. The lowest BCUT2D eigenvalue weighted by molar-refractivity contribution is -0.124. The van der Waals surface area contributed by atoms with Crippen molar-refractivity contribution >= 4 is 22.8 Å². The zero-order chi connectivity index (χ0) is 20.5. The van der Waals surface area contributed by atoms with E-state index < -0.39 is 5.41 Å². The minimum atomic E-state index is -0.895. The number of carbonyl (C=O) groups excluding carboxylic acids is 1. The molecule has 0 unspecified atom stereocenters. The van der Waals surface area contributed by atoms with Gasteiger partial charge in [0.05, 0.1) is 17.3 Å². The maximum atomic E-state index is 13.4. The average molecular weight is 397 g/mol. The van der Waals surface area contributed by atoms with Gasteiger partial charge in [-0.1, -0.05) is 6.92 Å². The number of hydrogen-bond donors (Lipinski definition) is 0. The third kappa shape index (κ3) is 2.20. The van der Waals surface area contributed by atoms with E-state index in [0.29, 0.717) is 6.54 Å². The van der Waals surface area contributed by atoms with E-state index in [1.165, 1.54) is 6.33 Å². The molecule has 1 aliphatic heterocycles. The van der Waals surface area contributed by atoms with Crippen LogP contribution >= 0.6 is 0 Å². The summed E-state index contributed by atoms with van der Waals surface area (Å²) in [5.41, 5.74) is 3.49. The number of fused-ring (bicyclic) bond motifs is 2. The fourth-order valence-electron chi connectivity index (χ4n) is 4.88. The predicted molar refractivity (Wildman–Crippen MR) is 109 cm³/mol. The Morgan fingerprint density at radius 2 is 1.97 bits per heavy atom. The summed E-state index contributed by atoms with van der Waals surface area (Å²) in [6.45, 7) is 2.57. The zero-order valence-corrected chi connectivity index (χ0v) is 16.4. The van der Waals surface area contributed by atoms with Gasteiger partial charge in [0.15, 0.2) is 5.65 Å². The van der Waals surface area contributed by atoms with Crippen LogP contribution in [0.5, 0.6) is 0 Å². The van der Waals surface area contributed by atoms with Gasteiger partial charge >= 0.3 is 0 Å². The fraction of sp³-hybridized carbons (Fsp3) is 0.318. The maximum absolute atomic E-state index is 13.4. The number of nitrogens with zero attached hydrogens (tertiary/aromatic N) is 7. The first-order valence-corrected chi connectivity index (χ1v) is 10.1. The lowest BCUT2D eigenvalue weighted by atomic mass is 9.75. The smallest absolute Gasteiger partial charge is 0.248 e. The molecule has 1 aliphatic carbocycles. The third-order valence-electron chi connectivity index (χ3n) is 6.62. The number of carbonyl (C=O) groups is 1. The van der Waals surface area contributed by atoms with E-state index in [0.717, 1.165) is 40.8 Å². The van der Waals surface area contributed by atoms with E-state index in [9.17, 15) is 10.1 Å². The summed E-state index contributed by atoms with van der Waals surface area (Å²) < 4.78 is 3.52. The topological polar surface area (TPSA) is 91.6 Å². The molecule has 148 valence electrons. The molecule has 0 radical (unpaired) electrons. The van der Waals surface area contributed by atoms with Crippen LogP contribution in [0.2, 0.25) is 0 Å². The van der Waals surface area contributed by atoms with Crippen LogP contribution in [-0.2, 0) is 4.79 Å². The minimum Gasteiger partial charge on any atom is -0.309 e. The summed E-state index contributed by atoms with van der Waals surface area (Å²) in [6.07, 6.45) is 9.02. The van der Waals surface area contributed by atoms with Gasteiger partial charge in [-0.05, 0) is 43.0 Å². The van der Waals surface area contributed by atoms with E-state index in [-0.39, 0.29) is 17.7 Å². The Bertz CT molecular complexity index is 1360. The highest BCUT2D eigenvalue weighted by atomic mass is 16.2. The van der Waals surface area contributed by atoms with Crippen molar-refractivity contribution in [2.24, 2.45) is 17.3 Å². The molecule has 1 saturated carbocycles.